The van der Waals surface area contributed by atoms with Crippen LogP contribution in [0.1, 0.15) is 0 Å². The fourth-order valence-corrected chi connectivity index (χ4v) is 3.06. The molecular formula is C13H9O3P. The van der Waals surface area contributed by atoms with Gasteiger partial charge in [-0.1, -0.05) is 34.9 Å². The lowest BCUT2D eigenvalue weighted by Crippen LogP contribution is -2.29. The topological polar surface area (TPSA) is 49.4 Å². The van der Waals surface area contributed by atoms with E-state index in [1.807, 2.05) is 24.3 Å². The van der Waals surface area contributed by atoms with Crippen molar-refractivity contribution in [3.05, 3.63) is 48.5 Å². The number of fused-ring (bicyclic) bond motifs is 3. The fraction of sp³-hybridized carbons (Fsp3) is 0.0769. The summed E-state index contributed by atoms with van der Waals surface area (Å²) < 4.78 is 17.2. The highest BCUT2D eigenvalue weighted by atomic mass is 31.1. The molecule has 2 aromatic rings. The van der Waals surface area contributed by atoms with E-state index in [-0.39, 0.29) is 0 Å². The van der Waals surface area contributed by atoms with E-state index in [0.29, 0.717) is 11.1 Å². The second-order valence-corrected chi connectivity index (χ2v) is 5.32. The number of rotatable bonds is 0. The second-order valence-electron chi connectivity index (χ2n) is 3.76. The third kappa shape index (κ3) is 1.64. The molecule has 0 N–H and O–H groups in total. The van der Waals surface area contributed by atoms with Crippen LogP contribution in [0, 0.1) is 0 Å². The average molecular weight is 244 g/mol. The number of hydrogen-bond acceptors (Lipinski definition) is 3. The van der Waals surface area contributed by atoms with E-state index in [1.54, 1.807) is 24.3 Å². The second kappa shape index (κ2) is 3.95. The highest BCUT2D eigenvalue weighted by Gasteiger charge is 2.33. The molecule has 1 aliphatic rings. The van der Waals surface area contributed by atoms with Crippen molar-refractivity contribution in [1.82, 2.24) is 0 Å². The van der Waals surface area contributed by atoms with Gasteiger partial charge in [0.25, 0.3) is 0 Å². The SMILES string of the molecule is O=[P+]1c2ccccc2-c2ccccc2OC1[O-]. The summed E-state index contributed by atoms with van der Waals surface area (Å²) in [5.41, 5.74) is 1.65. The molecule has 0 aromatic heterocycles. The zero-order chi connectivity index (χ0) is 11.8. The van der Waals surface area contributed by atoms with E-state index in [4.69, 9.17) is 4.74 Å². The van der Waals surface area contributed by atoms with Crippen molar-refractivity contribution in [3.8, 4) is 16.9 Å². The van der Waals surface area contributed by atoms with Crippen molar-refractivity contribution >= 4 is 13.1 Å². The van der Waals surface area contributed by atoms with Crippen LogP contribution in [-0.2, 0) is 4.57 Å². The van der Waals surface area contributed by atoms with Gasteiger partial charge in [0.1, 0.15) is 5.75 Å². The third-order valence-electron chi connectivity index (χ3n) is 2.74. The van der Waals surface area contributed by atoms with Crippen molar-refractivity contribution in [3.63, 3.8) is 0 Å². The lowest BCUT2D eigenvalue weighted by Gasteiger charge is -2.12. The number of benzene rings is 2. The average Bonchev–Trinajstić information content (AvgIpc) is 2.48. The molecule has 3 rings (SSSR count). The Hall–Kier alpha value is -1.70. The number of hydrogen-bond donors (Lipinski definition) is 0. The van der Waals surface area contributed by atoms with E-state index in [9.17, 15) is 9.67 Å². The van der Waals surface area contributed by atoms with E-state index >= 15 is 0 Å². The minimum absolute atomic E-state index is 0.501. The van der Waals surface area contributed by atoms with Crippen LogP contribution in [0.3, 0.4) is 0 Å². The molecule has 0 bridgehead atoms. The van der Waals surface area contributed by atoms with Crippen molar-refractivity contribution in [1.29, 1.82) is 0 Å². The monoisotopic (exact) mass is 244 g/mol. The lowest BCUT2D eigenvalue weighted by atomic mass is 10.0. The molecule has 2 aromatic carbocycles. The molecule has 3 nitrogen and oxygen atoms in total. The van der Waals surface area contributed by atoms with Crippen LogP contribution >= 0.6 is 7.80 Å². The predicted molar refractivity (Wildman–Crippen MR) is 63.5 cm³/mol. The molecule has 4 heteroatoms. The van der Waals surface area contributed by atoms with Gasteiger partial charge < -0.3 is 9.84 Å². The van der Waals surface area contributed by atoms with E-state index in [0.717, 1.165) is 11.1 Å². The Kier molecular flexibility index (Phi) is 2.43. The highest BCUT2D eigenvalue weighted by molar-refractivity contribution is 7.54. The van der Waals surface area contributed by atoms with Crippen LogP contribution in [0.25, 0.3) is 11.1 Å². The first-order chi connectivity index (χ1) is 8.27. The summed E-state index contributed by atoms with van der Waals surface area (Å²) in [6.45, 7) is 0. The minimum Gasteiger partial charge on any atom is -0.779 e. The quantitative estimate of drug-likeness (QED) is 0.664. The van der Waals surface area contributed by atoms with Gasteiger partial charge in [0, 0.05) is 11.1 Å². The summed E-state index contributed by atoms with van der Waals surface area (Å²) in [5, 5.41) is 12.3. The van der Waals surface area contributed by atoms with Gasteiger partial charge in [0.05, 0.1) is 0 Å². The first-order valence-electron chi connectivity index (χ1n) is 5.24. The van der Waals surface area contributed by atoms with Crippen LogP contribution < -0.4 is 15.1 Å². The molecule has 0 saturated carbocycles. The maximum Gasteiger partial charge on any atom is 0.405 e. The summed E-state index contributed by atoms with van der Waals surface area (Å²) in [7, 11) is -2.07. The summed E-state index contributed by atoms with van der Waals surface area (Å²) in [5.74, 6) is 0.501. The van der Waals surface area contributed by atoms with Crippen LogP contribution in [0.4, 0.5) is 0 Å². The van der Waals surface area contributed by atoms with Crippen molar-refractivity contribution in [2.75, 3.05) is 0 Å². The molecule has 84 valence electrons. The van der Waals surface area contributed by atoms with Gasteiger partial charge in [-0.05, 0) is 18.2 Å². The molecular weight excluding hydrogens is 235 g/mol. The molecule has 0 amide bonds. The first-order valence-corrected chi connectivity index (χ1v) is 6.57. The highest BCUT2D eigenvalue weighted by Crippen LogP contribution is 2.39. The minimum atomic E-state index is -2.07. The predicted octanol–water partition coefficient (Wildman–Crippen LogP) is 1.84. The molecule has 0 aliphatic carbocycles. The number of ether oxygens (including phenoxy) is 1. The summed E-state index contributed by atoms with van der Waals surface area (Å²) in [4.78, 5) is 0. The van der Waals surface area contributed by atoms with Crippen LogP contribution in [0.15, 0.2) is 48.5 Å². The van der Waals surface area contributed by atoms with Crippen LogP contribution in [-0.4, -0.2) is 6.03 Å². The van der Waals surface area contributed by atoms with E-state index in [2.05, 4.69) is 0 Å². The fourth-order valence-electron chi connectivity index (χ4n) is 1.96. The summed E-state index contributed by atoms with van der Waals surface area (Å²) in [6, 6.07) is 13.0. The normalized spacial score (nSPS) is 19.8. The van der Waals surface area contributed by atoms with Crippen LogP contribution in [0.2, 0.25) is 0 Å². The molecule has 0 saturated heterocycles. The number of para-hydroxylation sites is 1. The molecule has 1 aliphatic heterocycles. The maximum absolute atomic E-state index is 12.0. The molecule has 0 fully saturated rings. The Morgan fingerprint density at radius 2 is 1.65 bits per heavy atom. The Bertz CT molecular complexity index is 595. The first kappa shape index (κ1) is 10.5. The van der Waals surface area contributed by atoms with E-state index in [1.165, 1.54) is 0 Å². The Morgan fingerprint density at radius 3 is 2.47 bits per heavy atom. The van der Waals surface area contributed by atoms with Gasteiger partial charge >= 0.3 is 7.80 Å². The van der Waals surface area contributed by atoms with Crippen molar-refractivity contribution in [2.45, 2.75) is 6.03 Å². The van der Waals surface area contributed by atoms with Crippen molar-refractivity contribution < 1.29 is 14.4 Å². The van der Waals surface area contributed by atoms with Gasteiger partial charge in [-0.25, -0.2) is 0 Å². The Morgan fingerprint density at radius 1 is 1.00 bits per heavy atom. The molecule has 2 unspecified atom stereocenters. The molecule has 1 heterocycles. The third-order valence-corrected chi connectivity index (χ3v) is 4.09. The van der Waals surface area contributed by atoms with Gasteiger partial charge in [-0.2, -0.15) is 0 Å². The van der Waals surface area contributed by atoms with Gasteiger partial charge in [0.15, 0.2) is 0 Å². The zero-order valence-corrected chi connectivity index (χ0v) is 9.76. The summed E-state index contributed by atoms with van der Waals surface area (Å²) in [6.07, 6.45) is 0. The lowest BCUT2D eigenvalue weighted by molar-refractivity contribution is -0.437. The smallest absolute Gasteiger partial charge is 0.405 e. The van der Waals surface area contributed by atoms with Gasteiger partial charge in [-0.3, -0.25) is 0 Å². The standard InChI is InChI=1S/C13H9O3P/c14-13-16-11-7-3-1-5-9(11)10-6-2-4-8-12(10)17(13)15/h1-8,13H. The molecule has 2 atom stereocenters. The molecule has 0 radical (unpaired) electrons. The van der Waals surface area contributed by atoms with Gasteiger partial charge in [-0.15, -0.1) is 0 Å². The molecule has 17 heavy (non-hydrogen) atoms. The Balaban J connectivity index is 2.33. The van der Waals surface area contributed by atoms with Gasteiger partial charge in [0.2, 0.25) is 11.3 Å². The zero-order valence-electron chi connectivity index (χ0n) is 8.87. The largest absolute Gasteiger partial charge is 0.779 e. The maximum atomic E-state index is 12.0. The molecule has 0 spiro atoms. The van der Waals surface area contributed by atoms with Crippen LogP contribution in [0.5, 0.6) is 5.75 Å². The van der Waals surface area contributed by atoms with Crippen molar-refractivity contribution in [2.24, 2.45) is 0 Å². The van der Waals surface area contributed by atoms with E-state index < -0.39 is 13.8 Å². The Labute approximate surface area is 99.5 Å². The summed E-state index contributed by atoms with van der Waals surface area (Å²) >= 11 is 0.